The Balaban J connectivity index is 1.77. The minimum atomic E-state index is -1.60. The number of amides is 2. The molecule has 3 aliphatic heterocycles. The van der Waals surface area contributed by atoms with Crippen LogP contribution in [0, 0.1) is 17.7 Å². The highest BCUT2D eigenvalue weighted by molar-refractivity contribution is 6.30. The number of benzene rings is 2. The molecule has 2 amide bonds. The second-order valence-electron chi connectivity index (χ2n) is 8.30. The van der Waals surface area contributed by atoms with Crippen LogP contribution in [0.15, 0.2) is 36.4 Å². The molecule has 0 bridgehead atoms. The third-order valence-corrected chi connectivity index (χ3v) is 6.85. The summed E-state index contributed by atoms with van der Waals surface area (Å²) in [4.78, 5) is 42.0. The summed E-state index contributed by atoms with van der Waals surface area (Å²) in [5.41, 5.74) is -0.802. The molecule has 3 aliphatic rings. The number of carbonyl (C=O) groups is 3. The van der Waals surface area contributed by atoms with Crippen molar-refractivity contribution in [3.8, 4) is 5.75 Å². The highest BCUT2D eigenvalue weighted by Crippen LogP contribution is 2.57. The summed E-state index contributed by atoms with van der Waals surface area (Å²) >= 11 is 6.25. The van der Waals surface area contributed by atoms with Gasteiger partial charge >= 0.3 is 5.97 Å². The Kier molecular flexibility index (Phi) is 4.67. The van der Waals surface area contributed by atoms with E-state index < -0.39 is 47.0 Å². The van der Waals surface area contributed by atoms with Crippen LogP contribution in [0.4, 0.5) is 10.1 Å². The van der Waals surface area contributed by atoms with E-state index >= 15 is 0 Å². The first-order valence-electron chi connectivity index (χ1n) is 10.3. The van der Waals surface area contributed by atoms with Crippen molar-refractivity contribution in [2.75, 3.05) is 18.5 Å². The second kappa shape index (κ2) is 7.20. The molecule has 166 valence electrons. The van der Waals surface area contributed by atoms with Gasteiger partial charge in [-0.25, -0.2) is 4.39 Å². The summed E-state index contributed by atoms with van der Waals surface area (Å²) < 4.78 is 25.3. The lowest BCUT2D eigenvalue weighted by atomic mass is 9.77. The van der Waals surface area contributed by atoms with Crippen molar-refractivity contribution in [1.82, 2.24) is 4.90 Å². The third-order valence-electron chi connectivity index (χ3n) is 6.62. The summed E-state index contributed by atoms with van der Waals surface area (Å²) in [6.45, 7) is 3.44. The Hall–Kier alpha value is -3.13. The van der Waals surface area contributed by atoms with Crippen LogP contribution in [-0.4, -0.2) is 41.4 Å². The molecule has 2 aromatic rings. The maximum absolute atomic E-state index is 14.1. The number of anilines is 1. The number of ether oxygens (including phenoxy) is 2. The van der Waals surface area contributed by atoms with Crippen LogP contribution in [-0.2, 0) is 14.3 Å². The molecular weight excluding hydrogens is 439 g/mol. The lowest BCUT2D eigenvalue weighted by Gasteiger charge is -2.38. The largest absolute Gasteiger partial charge is 0.493 e. The summed E-state index contributed by atoms with van der Waals surface area (Å²) in [6.07, 6.45) is 0. The molecule has 9 heteroatoms. The van der Waals surface area contributed by atoms with E-state index in [0.29, 0.717) is 16.3 Å². The molecule has 0 unspecified atom stereocenters. The molecule has 0 saturated carbocycles. The van der Waals surface area contributed by atoms with Crippen LogP contribution in [0.1, 0.15) is 35.8 Å². The minimum Gasteiger partial charge on any atom is -0.493 e. The van der Waals surface area contributed by atoms with Gasteiger partial charge in [0.15, 0.2) is 0 Å². The molecule has 3 heterocycles. The first-order valence-corrected chi connectivity index (χ1v) is 10.7. The maximum atomic E-state index is 14.1. The van der Waals surface area contributed by atoms with Crippen LogP contribution in [0.5, 0.6) is 5.75 Å². The fraction of sp³-hybridized carbons (Fsp3) is 0.348. The Labute approximate surface area is 188 Å². The summed E-state index contributed by atoms with van der Waals surface area (Å²) in [5.74, 6) is -3.36. The monoisotopic (exact) mass is 458 g/mol. The van der Waals surface area contributed by atoms with Gasteiger partial charge in [0, 0.05) is 16.5 Å². The maximum Gasteiger partial charge on any atom is 0.312 e. The quantitative estimate of drug-likeness (QED) is 0.695. The summed E-state index contributed by atoms with van der Waals surface area (Å²) in [5, 5.41) is 3.14. The molecule has 5 rings (SSSR count). The topological polar surface area (TPSA) is 84.9 Å². The number of nitrogens with one attached hydrogen (secondary N) is 1. The third kappa shape index (κ3) is 2.75. The first kappa shape index (κ1) is 20.8. The van der Waals surface area contributed by atoms with Crippen molar-refractivity contribution in [1.29, 1.82) is 0 Å². The molecule has 7 nitrogen and oxygen atoms in total. The van der Waals surface area contributed by atoms with Gasteiger partial charge in [-0.1, -0.05) is 11.6 Å². The predicted molar refractivity (Wildman–Crippen MR) is 113 cm³/mol. The van der Waals surface area contributed by atoms with E-state index in [0.717, 1.165) is 6.07 Å². The first-order chi connectivity index (χ1) is 15.3. The molecule has 0 spiro atoms. The number of halogens is 2. The van der Waals surface area contributed by atoms with Gasteiger partial charge in [0.05, 0.1) is 36.4 Å². The van der Waals surface area contributed by atoms with Gasteiger partial charge in [-0.2, -0.15) is 0 Å². The van der Waals surface area contributed by atoms with Gasteiger partial charge in [-0.05, 0) is 50.2 Å². The molecule has 0 aromatic heterocycles. The van der Waals surface area contributed by atoms with Crippen molar-refractivity contribution < 1.29 is 28.2 Å². The Morgan fingerprint density at radius 3 is 2.84 bits per heavy atom. The normalized spacial score (nSPS) is 27.9. The zero-order chi connectivity index (χ0) is 22.8. The average Bonchev–Trinajstić information content (AvgIpc) is 3.00. The van der Waals surface area contributed by atoms with E-state index in [4.69, 9.17) is 21.1 Å². The van der Waals surface area contributed by atoms with Crippen molar-refractivity contribution in [2.45, 2.75) is 25.4 Å². The van der Waals surface area contributed by atoms with Crippen LogP contribution in [0.2, 0.25) is 5.02 Å². The number of carbonyl (C=O) groups excluding carboxylic acids is 3. The molecule has 0 aliphatic carbocycles. The Morgan fingerprint density at radius 2 is 2.09 bits per heavy atom. The fourth-order valence-electron chi connectivity index (χ4n) is 5.26. The molecule has 1 saturated heterocycles. The fourth-order valence-corrected chi connectivity index (χ4v) is 5.44. The van der Waals surface area contributed by atoms with Gasteiger partial charge in [-0.3, -0.25) is 14.4 Å². The average molecular weight is 459 g/mol. The van der Waals surface area contributed by atoms with Crippen LogP contribution in [0.3, 0.4) is 0 Å². The molecule has 32 heavy (non-hydrogen) atoms. The van der Waals surface area contributed by atoms with Gasteiger partial charge in [0.25, 0.3) is 11.8 Å². The van der Waals surface area contributed by atoms with Gasteiger partial charge in [0.1, 0.15) is 17.1 Å². The highest BCUT2D eigenvalue weighted by atomic mass is 35.5. The van der Waals surface area contributed by atoms with Gasteiger partial charge in [-0.15, -0.1) is 0 Å². The van der Waals surface area contributed by atoms with Crippen LogP contribution in [0.25, 0.3) is 0 Å². The van der Waals surface area contributed by atoms with Crippen LogP contribution < -0.4 is 10.1 Å². The van der Waals surface area contributed by atoms with E-state index in [1.807, 2.05) is 0 Å². The Bertz CT molecular complexity index is 1170. The zero-order valence-electron chi connectivity index (χ0n) is 17.4. The number of fused-ring (bicyclic) bond motifs is 6. The van der Waals surface area contributed by atoms with E-state index in [2.05, 4.69) is 5.32 Å². The zero-order valence-corrected chi connectivity index (χ0v) is 18.1. The predicted octanol–water partition coefficient (Wildman–Crippen LogP) is 3.57. The molecule has 1 fully saturated rings. The molecular formula is C23H20ClFN2O5. The number of hydrogen-bond acceptors (Lipinski definition) is 5. The van der Waals surface area contributed by atoms with Gasteiger partial charge < -0.3 is 19.7 Å². The SMILES string of the molecule is CCOC(=O)[C@H]1[C@H]2COc3ccc(Cl)cc3[C@@H]2N2C(=O)c3cc(F)ccc3NC(=O)[C@@]12C. The van der Waals surface area contributed by atoms with Crippen molar-refractivity contribution >= 4 is 35.1 Å². The van der Waals surface area contributed by atoms with E-state index in [9.17, 15) is 18.8 Å². The second-order valence-corrected chi connectivity index (χ2v) is 8.73. The smallest absolute Gasteiger partial charge is 0.312 e. The summed E-state index contributed by atoms with van der Waals surface area (Å²) in [7, 11) is 0. The minimum absolute atomic E-state index is 0.0143. The summed E-state index contributed by atoms with van der Waals surface area (Å²) in [6, 6.07) is 7.94. The molecule has 2 aromatic carbocycles. The lowest BCUT2D eigenvalue weighted by Crippen LogP contribution is -2.57. The van der Waals surface area contributed by atoms with Gasteiger partial charge in [0.2, 0.25) is 0 Å². The van der Waals surface area contributed by atoms with Crippen molar-refractivity contribution in [3.05, 3.63) is 58.4 Å². The van der Waals surface area contributed by atoms with Crippen molar-refractivity contribution in [2.24, 2.45) is 11.8 Å². The Morgan fingerprint density at radius 1 is 1.31 bits per heavy atom. The van der Waals surface area contributed by atoms with E-state index in [-0.39, 0.29) is 24.5 Å². The van der Waals surface area contributed by atoms with Crippen LogP contribution >= 0.6 is 11.6 Å². The van der Waals surface area contributed by atoms with E-state index in [1.165, 1.54) is 17.0 Å². The molecule has 0 radical (unpaired) electrons. The number of rotatable bonds is 2. The molecule has 4 atom stereocenters. The molecule has 1 N–H and O–H groups in total. The lowest BCUT2D eigenvalue weighted by molar-refractivity contribution is -0.155. The standard InChI is InChI=1S/C23H20ClFN2O5/c1-3-31-21(29)18-15-10-32-17-7-4-11(24)8-14(17)19(15)27-20(28)13-9-12(25)5-6-16(13)26-22(30)23(18,27)2/h4-9,15,18-19H,3,10H2,1-2H3,(H,26,30)/t15-,18-,19+,23-/m1/s1. The number of hydrogen-bond donors (Lipinski definition) is 1. The van der Waals surface area contributed by atoms with Crippen molar-refractivity contribution in [3.63, 3.8) is 0 Å². The highest BCUT2D eigenvalue weighted by Gasteiger charge is 2.67. The number of nitrogens with zero attached hydrogens (tertiary/aromatic N) is 1. The number of esters is 1. The van der Waals surface area contributed by atoms with E-state index in [1.54, 1.807) is 32.0 Å².